The summed E-state index contributed by atoms with van der Waals surface area (Å²) in [7, 11) is 0. The van der Waals surface area contributed by atoms with Crippen molar-refractivity contribution in [2.75, 3.05) is 6.54 Å². The second-order valence-corrected chi connectivity index (χ2v) is 5.22. The van der Waals surface area contributed by atoms with Crippen LogP contribution in [0.1, 0.15) is 25.0 Å². The van der Waals surface area contributed by atoms with Gasteiger partial charge in [-0.1, -0.05) is 38.1 Å². The molecule has 0 aliphatic heterocycles. The van der Waals surface area contributed by atoms with Crippen LogP contribution in [0.4, 0.5) is 0 Å². The van der Waals surface area contributed by atoms with Crippen LogP contribution in [-0.4, -0.2) is 23.2 Å². The molecule has 17 heavy (non-hydrogen) atoms. The third kappa shape index (κ3) is 2.67. The van der Waals surface area contributed by atoms with Crippen molar-refractivity contribution >= 4 is 5.91 Å². The predicted octanol–water partition coefficient (Wildman–Crippen LogP) is 1.29. The third-order valence-corrected chi connectivity index (χ3v) is 3.27. The van der Waals surface area contributed by atoms with E-state index in [-0.39, 0.29) is 11.8 Å². The first kappa shape index (κ1) is 12.1. The molecule has 0 bridgehead atoms. The average Bonchev–Trinajstić information content (AvgIpc) is 2.62. The zero-order valence-electron chi connectivity index (χ0n) is 10.4. The van der Waals surface area contributed by atoms with Gasteiger partial charge < -0.3 is 10.4 Å². The SMILES string of the molecule is CC(C)C(=O)NCC1(O)Cc2ccccc2C1. The Labute approximate surface area is 102 Å². The molecule has 0 unspecified atom stereocenters. The van der Waals surface area contributed by atoms with Crippen LogP contribution in [0.15, 0.2) is 24.3 Å². The van der Waals surface area contributed by atoms with Crippen molar-refractivity contribution in [2.24, 2.45) is 5.92 Å². The maximum Gasteiger partial charge on any atom is 0.222 e. The predicted molar refractivity (Wildman–Crippen MR) is 66.6 cm³/mol. The largest absolute Gasteiger partial charge is 0.387 e. The van der Waals surface area contributed by atoms with Gasteiger partial charge in [0.05, 0.1) is 5.60 Å². The maximum atomic E-state index is 11.5. The van der Waals surface area contributed by atoms with Crippen LogP contribution in [0.2, 0.25) is 0 Å². The summed E-state index contributed by atoms with van der Waals surface area (Å²) >= 11 is 0. The van der Waals surface area contributed by atoms with Crippen LogP contribution < -0.4 is 5.32 Å². The summed E-state index contributed by atoms with van der Waals surface area (Å²) in [5.74, 6) is -0.0447. The molecule has 92 valence electrons. The lowest BCUT2D eigenvalue weighted by Crippen LogP contribution is -2.44. The monoisotopic (exact) mass is 233 g/mol. The number of fused-ring (bicyclic) bond motifs is 1. The minimum Gasteiger partial charge on any atom is -0.387 e. The summed E-state index contributed by atoms with van der Waals surface area (Å²) in [6.45, 7) is 4.03. The highest BCUT2D eigenvalue weighted by atomic mass is 16.3. The first-order chi connectivity index (χ1) is 8.00. The molecular formula is C14H19NO2. The standard InChI is InChI=1S/C14H19NO2/c1-10(2)13(16)15-9-14(17)7-11-5-3-4-6-12(11)8-14/h3-6,10,17H,7-9H2,1-2H3,(H,15,16). The summed E-state index contributed by atoms with van der Waals surface area (Å²) in [5.41, 5.74) is 1.57. The number of amides is 1. The molecule has 0 saturated carbocycles. The Bertz CT molecular complexity index is 401. The summed E-state index contributed by atoms with van der Waals surface area (Å²) < 4.78 is 0. The Morgan fingerprint density at radius 2 is 1.88 bits per heavy atom. The van der Waals surface area contributed by atoms with E-state index in [9.17, 15) is 9.90 Å². The fraction of sp³-hybridized carbons (Fsp3) is 0.500. The van der Waals surface area contributed by atoms with E-state index >= 15 is 0 Å². The summed E-state index contributed by atoms with van der Waals surface area (Å²) in [6, 6.07) is 8.05. The van der Waals surface area contributed by atoms with E-state index in [2.05, 4.69) is 5.32 Å². The van der Waals surface area contributed by atoms with E-state index in [0.717, 1.165) is 0 Å². The lowest BCUT2D eigenvalue weighted by Gasteiger charge is -2.23. The third-order valence-electron chi connectivity index (χ3n) is 3.27. The van der Waals surface area contributed by atoms with Crippen LogP contribution in [0, 0.1) is 5.92 Å². The molecule has 0 heterocycles. The molecule has 0 atom stereocenters. The van der Waals surface area contributed by atoms with Gasteiger partial charge in [0, 0.05) is 25.3 Å². The molecule has 1 aromatic carbocycles. The van der Waals surface area contributed by atoms with Crippen molar-refractivity contribution in [3.8, 4) is 0 Å². The molecule has 0 saturated heterocycles. The summed E-state index contributed by atoms with van der Waals surface area (Å²) in [6.07, 6.45) is 1.25. The van der Waals surface area contributed by atoms with E-state index in [1.165, 1.54) is 11.1 Å². The number of benzene rings is 1. The first-order valence-electron chi connectivity index (χ1n) is 6.07. The van der Waals surface area contributed by atoms with Gasteiger partial charge in [-0.3, -0.25) is 4.79 Å². The Kier molecular flexibility index (Phi) is 3.20. The number of rotatable bonds is 3. The van der Waals surface area contributed by atoms with Crippen molar-refractivity contribution in [3.63, 3.8) is 0 Å². The minimum absolute atomic E-state index is 0.00520. The molecule has 2 rings (SSSR count). The van der Waals surface area contributed by atoms with Gasteiger partial charge in [-0.25, -0.2) is 0 Å². The van der Waals surface area contributed by atoms with Gasteiger partial charge in [0.1, 0.15) is 0 Å². The summed E-state index contributed by atoms with van der Waals surface area (Å²) in [4.78, 5) is 11.5. The Balaban J connectivity index is 1.98. The van der Waals surface area contributed by atoms with Crippen LogP contribution in [-0.2, 0) is 17.6 Å². The van der Waals surface area contributed by atoms with Crippen LogP contribution in [0.3, 0.4) is 0 Å². The first-order valence-corrected chi connectivity index (χ1v) is 6.07. The van der Waals surface area contributed by atoms with Gasteiger partial charge in [-0.2, -0.15) is 0 Å². The van der Waals surface area contributed by atoms with Crippen LogP contribution in [0.25, 0.3) is 0 Å². The zero-order chi connectivity index (χ0) is 12.5. The van der Waals surface area contributed by atoms with Gasteiger partial charge in [-0.15, -0.1) is 0 Å². The molecule has 0 radical (unpaired) electrons. The second-order valence-electron chi connectivity index (χ2n) is 5.22. The number of nitrogens with one attached hydrogen (secondary N) is 1. The smallest absolute Gasteiger partial charge is 0.222 e. The molecule has 3 nitrogen and oxygen atoms in total. The second kappa shape index (κ2) is 4.49. The maximum absolute atomic E-state index is 11.5. The number of carbonyl (C=O) groups excluding carboxylic acids is 1. The highest BCUT2D eigenvalue weighted by Crippen LogP contribution is 2.29. The lowest BCUT2D eigenvalue weighted by atomic mass is 10.0. The van der Waals surface area contributed by atoms with E-state index in [1.807, 2.05) is 38.1 Å². The molecule has 0 spiro atoms. The number of carbonyl (C=O) groups is 1. The molecule has 1 aliphatic rings. The van der Waals surface area contributed by atoms with E-state index in [0.29, 0.717) is 19.4 Å². The fourth-order valence-electron chi connectivity index (χ4n) is 2.25. The van der Waals surface area contributed by atoms with Crippen molar-refractivity contribution in [1.29, 1.82) is 0 Å². The van der Waals surface area contributed by atoms with Crippen molar-refractivity contribution in [2.45, 2.75) is 32.3 Å². The van der Waals surface area contributed by atoms with Crippen LogP contribution in [0.5, 0.6) is 0 Å². The van der Waals surface area contributed by atoms with Gasteiger partial charge in [0.15, 0.2) is 0 Å². The molecular weight excluding hydrogens is 214 g/mol. The quantitative estimate of drug-likeness (QED) is 0.826. The van der Waals surface area contributed by atoms with Gasteiger partial charge in [0.2, 0.25) is 5.91 Å². The Morgan fingerprint density at radius 3 is 2.35 bits per heavy atom. The van der Waals surface area contributed by atoms with Gasteiger partial charge in [-0.05, 0) is 11.1 Å². The molecule has 1 aromatic rings. The lowest BCUT2D eigenvalue weighted by molar-refractivity contribution is -0.125. The number of aliphatic hydroxyl groups is 1. The topological polar surface area (TPSA) is 49.3 Å². The molecule has 1 aliphatic carbocycles. The average molecular weight is 233 g/mol. The molecule has 1 amide bonds. The van der Waals surface area contributed by atoms with Crippen molar-refractivity contribution < 1.29 is 9.90 Å². The van der Waals surface area contributed by atoms with E-state index in [1.54, 1.807) is 0 Å². The van der Waals surface area contributed by atoms with Crippen molar-refractivity contribution in [3.05, 3.63) is 35.4 Å². The molecule has 0 aromatic heterocycles. The van der Waals surface area contributed by atoms with E-state index < -0.39 is 5.60 Å². The van der Waals surface area contributed by atoms with Crippen LogP contribution >= 0.6 is 0 Å². The molecule has 2 N–H and O–H groups in total. The molecule has 0 fully saturated rings. The fourth-order valence-corrected chi connectivity index (χ4v) is 2.25. The van der Waals surface area contributed by atoms with E-state index in [4.69, 9.17) is 0 Å². The normalized spacial score (nSPS) is 16.9. The zero-order valence-corrected chi connectivity index (χ0v) is 10.4. The highest BCUT2D eigenvalue weighted by Gasteiger charge is 2.35. The Morgan fingerprint density at radius 1 is 1.35 bits per heavy atom. The minimum atomic E-state index is -0.811. The Hall–Kier alpha value is -1.35. The molecule has 3 heteroatoms. The highest BCUT2D eigenvalue weighted by molar-refractivity contribution is 5.77. The number of hydrogen-bond donors (Lipinski definition) is 2. The van der Waals surface area contributed by atoms with Gasteiger partial charge >= 0.3 is 0 Å². The number of hydrogen-bond acceptors (Lipinski definition) is 2. The van der Waals surface area contributed by atoms with Crippen molar-refractivity contribution in [1.82, 2.24) is 5.32 Å². The summed E-state index contributed by atoms with van der Waals surface area (Å²) in [5, 5.41) is 13.2. The van der Waals surface area contributed by atoms with Gasteiger partial charge in [0.25, 0.3) is 0 Å².